The van der Waals surface area contributed by atoms with Crippen molar-refractivity contribution in [3.05, 3.63) is 18.0 Å². The molecule has 1 heterocycles. The first kappa shape index (κ1) is 11.2. The van der Waals surface area contributed by atoms with Gasteiger partial charge in [0.25, 0.3) is 0 Å². The molecule has 0 amide bonds. The van der Waals surface area contributed by atoms with Gasteiger partial charge in [0.15, 0.2) is 0 Å². The highest BCUT2D eigenvalue weighted by atomic mass is 16.5. The summed E-state index contributed by atoms with van der Waals surface area (Å²) in [7, 11) is 1.93. The van der Waals surface area contributed by atoms with Crippen LogP contribution in [0.15, 0.2) is 12.4 Å². The zero-order valence-corrected chi connectivity index (χ0v) is 9.53. The van der Waals surface area contributed by atoms with E-state index in [1.165, 1.54) is 5.56 Å². The number of rotatable bonds is 5. The lowest BCUT2D eigenvalue weighted by Gasteiger charge is -2.17. The molecule has 0 saturated heterocycles. The van der Waals surface area contributed by atoms with Crippen molar-refractivity contribution in [2.45, 2.75) is 33.3 Å². The third kappa shape index (κ3) is 3.14. The van der Waals surface area contributed by atoms with Gasteiger partial charge in [-0.05, 0) is 19.3 Å². The number of aryl methyl sites for hydroxylation is 1. The topological polar surface area (TPSA) is 27.1 Å². The molecule has 1 unspecified atom stereocenters. The zero-order valence-electron chi connectivity index (χ0n) is 9.53. The molecule has 0 aliphatic heterocycles. The summed E-state index contributed by atoms with van der Waals surface area (Å²) in [6.07, 6.45) is 5.18. The molecule has 0 N–H and O–H groups in total. The molecule has 1 aromatic rings. The Labute approximate surface area is 86.1 Å². The highest BCUT2D eigenvalue weighted by Crippen LogP contribution is 2.24. The van der Waals surface area contributed by atoms with Crippen LogP contribution in [0, 0.1) is 5.92 Å². The molecule has 14 heavy (non-hydrogen) atoms. The summed E-state index contributed by atoms with van der Waals surface area (Å²) >= 11 is 0. The van der Waals surface area contributed by atoms with Crippen molar-refractivity contribution in [3.63, 3.8) is 0 Å². The molecule has 0 spiro atoms. The minimum atomic E-state index is 0.202. The molecule has 0 saturated carbocycles. The van der Waals surface area contributed by atoms with E-state index in [1.54, 1.807) is 0 Å². The van der Waals surface area contributed by atoms with Crippen LogP contribution in [-0.4, -0.2) is 16.4 Å². The van der Waals surface area contributed by atoms with E-state index in [0.29, 0.717) is 5.92 Å². The van der Waals surface area contributed by atoms with Crippen LogP contribution in [0.4, 0.5) is 0 Å². The summed E-state index contributed by atoms with van der Waals surface area (Å²) < 4.78 is 7.52. The van der Waals surface area contributed by atoms with Crippen LogP contribution in [0.5, 0.6) is 0 Å². The predicted octanol–water partition coefficient (Wildman–Crippen LogP) is 2.54. The number of aromatic nitrogens is 2. The van der Waals surface area contributed by atoms with Gasteiger partial charge in [-0.2, -0.15) is 5.10 Å². The molecule has 0 bridgehead atoms. The van der Waals surface area contributed by atoms with Crippen molar-refractivity contribution in [1.82, 2.24) is 9.78 Å². The van der Waals surface area contributed by atoms with Crippen molar-refractivity contribution in [3.8, 4) is 0 Å². The first-order valence-corrected chi connectivity index (χ1v) is 5.23. The average Bonchev–Trinajstić information content (AvgIpc) is 2.50. The fourth-order valence-electron chi connectivity index (χ4n) is 1.54. The van der Waals surface area contributed by atoms with Crippen LogP contribution in [0.25, 0.3) is 0 Å². The molecular weight excluding hydrogens is 176 g/mol. The predicted molar refractivity (Wildman–Crippen MR) is 57.0 cm³/mol. The quantitative estimate of drug-likeness (QED) is 0.723. The van der Waals surface area contributed by atoms with Crippen LogP contribution in [0.3, 0.4) is 0 Å². The molecule has 0 fully saturated rings. The van der Waals surface area contributed by atoms with Gasteiger partial charge >= 0.3 is 0 Å². The van der Waals surface area contributed by atoms with Gasteiger partial charge in [0.1, 0.15) is 0 Å². The van der Waals surface area contributed by atoms with Gasteiger partial charge in [-0.15, -0.1) is 0 Å². The summed E-state index contributed by atoms with van der Waals surface area (Å²) in [5, 5.41) is 4.16. The lowest BCUT2D eigenvalue weighted by molar-refractivity contribution is 0.0472. The van der Waals surface area contributed by atoms with Crippen LogP contribution in [0.2, 0.25) is 0 Å². The van der Waals surface area contributed by atoms with Crippen molar-refractivity contribution in [2.24, 2.45) is 13.0 Å². The van der Waals surface area contributed by atoms with E-state index in [1.807, 2.05) is 31.0 Å². The van der Waals surface area contributed by atoms with E-state index in [9.17, 15) is 0 Å². The maximum atomic E-state index is 5.70. The van der Waals surface area contributed by atoms with E-state index in [0.717, 1.165) is 13.0 Å². The highest BCUT2D eigenvalue weighted by Gasteiger charge is 2.14. The van der Waals surface area contributed by atoms with Gasteiger partial charge in [0.2, 0.25) is 0 Å². The normalized spacial score (nSPS) is 13.5. The fourth-order valence-corrected chi connectivity index (χ4v) is 1.54. The van der Waals surface area contributed by atoms with Gasteiger partial charge in [0, 0.05) is 25.4 Å². The standard InChI is InChI=1S/C11H20N2O/c1-5-14-11(6-9(2)3)10-7-12-13(4)8-10/h7-9,11H,5-6H2,1-4H3. The summed E-state index contributed by atoms with van der Waals surface area (Å²) in [6, 6.07) is 0. The lowest BCUT2D eigenvalue weighted by atomic mass is 10.0. The Morgan fingerprint density at radius 3 is 2.64 bits per heavy atom. The number of ether oxygens (including phenoxy) is 1. The molecule has 0 aliphatic carbocycles. The third-order valence-electron chi connectivity index (χ3n) is 2.15. The fraction of sp³-hybridized carbons (Fsp3) is 0.727. The summed E-state index contributed by atoms with van der Waals surface area (Å²) in [6.45, 7) is 7.21. The molecular formula is C11H20N2O. The second-order valence-electron chi connectivity index (χ2n) is 4.02. The Morgan fingerprint density at radius 1 is 1.50 bits per heavy atom. The van der Waals surface area contributed by atoms with Crippen LogP contribution < -0.4 is 0 Å². The molecule has 0 radical (unpaired) electrons. The molecule has 3 heteroatoms. The smallest absolute Gasteiger partial charge is 0.0857 e. The monoisotopic (exact) mass is 196 g/mol. The van der Waals surface area contributed by atoms with Gasteiger partial charge < -0.3 is 4.74 Å². The lowest BCUT2D eigenvalue weighted by Crippen LogP contribution is -2.06. The van der Waals surface area contributed by atoms with Gasteiger partial charge in [-0.1, -0.05) is 13.8 Å². The minimum absolute atomic E-state index is 0.202. The van der Waals surface area contributed by atoms with E-state index in [2.05, 4.69) is 18.9 Å². The molecule has 1 atom stereocenters. The first-order chi connectivity index (χ1) is 6.63. The molecule has 1 aromatic heterocycles. The van der Waals surface area contributed by atoms with E-state index < -0.39 is 0 Å². The Morgan fingerprint density at radius 2 is 2.21 bits per heavy atom. The summed E-state index contributed by atoms with van der Waals surface area (Å²) in [5.41, 5.74) is 1.18. The number of hydrogen-bond acceptors (Lipinski definition) is 2. The Bertz CT molecular complexity index is 268. The second-order valence-corrected chi connectivity index (χ2v) is 4.02. The van der Waals surface area contributed by atoms with Crippen LogP contribution >= 0.6 is 0 Å². The molecule has 0 aliphatic rings. The number of nitrogens with zero attached hydrogens (tertiary/aromatic N) is 2. The van der Waals surface area contributed by atoms with Crippen molar-refractivity contribution in [2.75, 3.05) is 6.61 Å². The maximum Gasteiger partial charge on any atom is 0.0857 e. The first-order valence-electron chi connectivity index (χ1n) is 5.23. The van der Waals surface area contributed by atoms with Crippen LogP contribution in [0.1, 0.15) is 38.9 Å². The van der Waals surface area contributed by atoms with Crippen molar-refractivity contribution >= 4 is 0 Å². The average molecular weight is 196 g/mol. The second kappa shape index (κ2) is 5.15. The van der Waals surface area contributed by atoms with E-state index in [-0.39, 0.29) is 6.10 Å². The highest BCUT2D eigenvalue weighted by molar-refractivity contribution is 5.08. The van der Waals surface area contributed by atoms with Crippen LogP contribution in [-0.2, 0) is 11.8 Å². The summed E-state index contributed by atoms with van der Waals surface area (Å²) in [5.74, 6) is 0.645. The van der Waals surface area contributed by atoms with E-state index in [4.69, 9.17) is 4.74 Å². The Kier molecular flexibility index (Phi) is 4.14. The Balaban J connectivity index is 2.66. The summed E-state index contributed by atoms with van der Waals surface area (Å²) in [4.78, 5) is 0. The van der Waals surface area contributed by atoms with Crippen molar-refractivity contribution in [1.29, 1.82) is 0 Å². The third-order valence-corrected chi connectivity index (χ3v) is 2.15. The van der Waals surface area contributed by atoms with Gasteiger partial charge in [-0.25, -0.2) is 0 Å². The molecule has 1 rings (SSSR count). The maximum absolute atomic E-state index is 5.70. The zero-order chi connectivity index (χ0) is 10.6. The van der Waals surface area contributed by atoms with Crippen molar-refractivity contribution < 1.29 is 4.74 Å². The van der Waals surface area contributed by atoms with E-state index >= 15 is 0 Å². The minimum Gasteiger partial charge on any atom is -0.374 e. The molecule has 80 valence electrons. The molecule has 0 aromatic carbocycles. The Hall–Kier alpha value is -0.830. The largest absolute Gasteiger partial charge is 0.374 e. The van der Waals surface area contributed by atoms with Gasteiger partial charge in [-0.3, -0.25) is 4.68 Å². The molecule has 3 nitrogen and oxygen atoms in total. The van der Waals surface area contributed by atoms with Gasteiger partial charge in [0.05, 0.1) is 12.3 Å². The SMILES string of the molecule is CCOC(CC(C)C)c1cnn(C)c1. The number of hydrogen-bond donors (Lipinski definition) is 0.